The van der Waals surface area contributed by atoms with E-state index in [9.17, 15) is 4.79 Å². The highest BCUT2D eigenvalue weighted by Gasteiger charge is 2.12. The van der Waals surface area contributed by atoms with Crippen molar-refractivity contribution < 1.29 is 14.2 Å². The van der Waals surface area contributed by atoms with Gasteiger partial charge in [0.15, 0.2) is 11.5 Å². The van der Waals surface area contributed by atoms with Gasteiger partial charge in [0.05, 0.1) is 37.9 Å². The van der Waals surface area contributed by atoms with E-state index in [1.165, 1.54) is 0 Å². The predicted molar refractivity (Wildman–Crippen MR) is 135 cm³/mol. The molecule has 4 aromatic rings. The third kappa shape index (κ3) is 4.34. The Morgan fingerprint density at radius 1 is 0.844 bits per heavy atom. The van der Waals surface area contributed by atoms with E-state index in [1.807, 2.05) is 72.8 Å². The molecule has 0 bridgehead atoms. The summed E-state index contributed by atoms with van der Waals surface area (Å²) in [5.41, 5.74) is 2.11. The van der Waals surface area contributed by atoms with Gasteiger partial charge in [-0.2, -0.15) is 0 Å². The van der Waals surface area contributed by atoms with E-state index in [0.717, 1.165) is 9.13 Å². The van der Waals surface area contributed by atoms with Gasteiger partial charge < -0.3 is 14.2 Å². The number of hydrogen-bond donors (Lipinski definition) is 0. The Balaban J connectivity index is 1.88. The second-order valence-corrected chi connectivity index (χ2v) is 8.16. The van der Waals surface area contributed by atoms with Crippen LogP contribution >= 0.6 is 22.6 Å². The zero-order chi connectivity index (χ0) is 22.7. The highest BCUT2D eigenvalue weighted by Crippen LogP contribution is 2.28. The van der Waals surface area contributed by atoms with Crippen molar-refractivity contribution in [1.82, 2.24) is 9.55 Å². The molecule has 0 saturated heterocycles. The lowest BCUT2D eigenvalue weighted by Gasteiger charge is -2.12. The second kappa shape index (κ2) is 9.44. The normalized spacial score (nSPS) is 11.1. The van der Waals surface area contributed by atoms with Crippen LogP contribution in [0.4, 0.5) is 0 Å². The summed E-state index contributed by atoms with van der Waals surface area (Å²) in [5.74, 6) is 2.51. The van der Waals surface area contributed by atoms with E-state index >= 15 is 0 Å². The van der Waals surface area contributed by atoms with Gasteiger partial charge in [-0.3, -0.25) is 9.36 Å². The molecule has 0 unspecified atom stereocenters. The monoisotopic (exact) mass is 540 g/mol. The molecule has 0 amide bonds. The number of ether oxygens (including phenoxy) is 3. The quantitative estimate of drug-likeness (QED) is 0.316. The number of halogens is 1. The first-order chi connectivity index (χ1) is 15.5. The number of fused-ring (bicyclic) bond motifs is 1. The van der Waals surface area contributed by atoms with Crippen molar-refractivity contribution >= 4 is 45.6 Å². The Hall–Kier alpha value is -3.33. The maximum absolute atomic E-state index is 13.5. The molecule has 1 heterocycles. The molecule has 0 spiro atoms. The minimum Gasteiger partial charge on any atom is -0.497 e. The average molecular weight is 540 g/mol. The third-order valence-corrected chi connectivity index (χ3v) is 5.69. The van der Waals surface area contributed by atoms with Gasteiger partial charge in [-0.25, -0.2) is 4.98 Å². The number of aromatic nitrogens is 2. The van der Waals surface area contributed by atoms with Crippen LogP contribution in [0.1, 0.15) is 11.4 Å². The minimum absolute atomic E-state index is 0.134. The molecule has 0 aliphatic heterocycles. The van der Waals surface area contributed by atoms with Crippen LogP contribution in [0.25, 0.3) is 28.7 Å². The minimum atomic E-state index is -0.134. The molecule has 0 aliphatic carbocycles. The predicted octanol–water partition coefficient (Wildman–Crippen LogP) is 5.19. The summed E-state index contributed by atoms with van der Waals surface area (Å²) in [6, 6.07) is 18.6. The number of methoxy groups -OCH3 is 3. The first-order valence-corrected chi connectivity index (χ1v) is 10.9. The van der Waals surface area contributed by atoms with Crippen molar-refractivity contribution in [2.45, 2.75) is 0 Å². The zero-order valence-corrected chi connectivity index (χ0v) is 20.0. The number of hydrogen-bond acceptors (Lipinski definition) is 5. The second-order valence-electron chi connectivity index (χ2n) is 6.92. The summed E-state index contributed by atoms with van der Waals surface area (Å²) in [5, 5.41) is 0.566. The van der Waals surface area contributed by atoms with Crippen LogP contribution in [0.2, 0.25) is 0 Å². The average Bonchev–Trinajstić information content (AvgIpc) is 2.83. The highest BCUT2D eigenvalue weighted by molar-refractivity contribution is 14.1. The molecule has 162 valence electrons. The van der Waals surface area contributed by atoms with Gasteiger partial charge in [0.1, 0.15) is 11.6 Å². The van der Waals surface area contributed by atoms with Gasteiger partial charge >= 0.3 is 0 Å². The molecule has 6 nitrogen and oxygen atoms in total. The smallest absolute Gasteiger partial charge is 0.266 e. The Morgan fingerprint density at radius 2 is 1.59 bits per heavy atom. The number of benzene rings is 3. The Kier molecular flexibility index (Phi) is 6.45. The summed E-state index contributed by atoms with van der Waals surface area (Å²) in [4.78, 5) is 18.2. The molecule has 0 aliphatic rings. The van der Waals surface area contributed by atoms with Gasteiger partial charge in [0.2, 0.25) is 0 Å². The molecule has 7 heteroatoms. The standard InChI is InChI=1S/C25H21IN2O4/c1-30-19-9-7-18(8-10-19)28-24(27-21-11-6-17(26)15-20(21)25(28)29)13-5-16-4-12-22(31-2)23(14-16)32-3/h4-15H,1-3H3. The Bertz CT molecular complexity index is 1360. The van der Waals surface area contributed by atoms with Crippen molar-refractivity contribution in [2.24, 2.45) is 0 Å². The fourth-order valence-corrected chi connectivity index (χ4v) is 3.89. The maximum Gasteiger partial charge on any atom is 0.266 e. The first-order valence-electron chi connectivity index (χ1n) is 9.81. The van der Waals surface area contributed by atoms with Crippen LogP contribution in [0.3, 0.4) is 0 Å². The van der Waals surface area contributed by atoms with Gasteiger partial charge in [0.25, 0.3) is 5.56 Å². The molecule has 3 aromatic carbocycles. The largest absolute Gasteiger partial charge is 0.497 e. The van der Waals surface area contributed by atoms with Crippen LogP contribution in [-0.4, -0.2) is 30.9 Å². The van der Waals surface area contributed by atoms with Crippen molar-refractivity contribution in [1.29, 1.82) is 0 Å². The van der Waals surface area contributed by atoms with Crippen LogP contribution < -0.4 is 19.8 Å². The van der Waals surface area contributed by atoms with E-state index in [2.05, 4.69) is 22.6 Å². The van der Waals surface area contributed by atoms with Crippen molar-refractivity contribution in [3.8, 4) is 22.9 Å². The highest BCUT2D eigenvalue weighted by atomic mass is 127. The van der Waals surface area contributed by atoms with Gasteiger partial charge in [-0.1, -0.05) is 12.1 Å². The summed E-state index contributed by atoms with van der Waals surface area (Å²) in [6.07, 6.45) is 3.71. The number of nitrogens with zero attached hydrogens (tertiary/aromatic N) is 2. The van der Waals surface area contributed by atoms with Crippen LogP contribution in [-0.2, 0) is 0 Å². The fraction of sp³-hybridized carbons (Fsp3) is 0.120. The van der Waals surface area contributed by atoms with E-state index in [1.54, 1.807) is 25.9 Å². The molecule has 0 saturated carbocycles. The Morgan fingerprint density at radius 3 is 2.28 bits per heavy atom. The van der Waals surface area contributed by atoms with Crippen molar-refractivity contribution in [2.75, 3.05) is 21.3 Å². The van der Waals surface area contributed by atoms with Gasteiger partial charge in [-0.15, -0.1) is 0 Å². The molecule has 1 aromatic heterocycles. The van der Waals surface area contributed by atoms with E-state index in [-0.39, 0.29) is 5.56 Å². The van der Waals surface area contributed by atoms with Crippen LogP contribution in [0, 0.1) is 3.57 Å². The summed E-state index contributed by atoms with van der Waals surface area (Å²) >= 11 is 2.20. The maximum atomic E-state index is 13.5. The molecule has 0 N–H and O–H groups in total. The molecule has 0 radical (unpaired) electrons. The molecule has 32 heavy (non-hydrogen) atoms. The molecular weight excluding hydrogens is 519 g/mol. The fourth-order valence-electron chi connectivity index (χ4n) is 3.39. The van der Waals surface area contributed by atoms with Crippen LogP contribution in [0.15, 0.2) is 65.5 Å². The topological polar surface area (TPSA) is 62.6 Å². The van der Waals surface area contributed by atoms with Crippen molar-refractivity contribution in [3.63, 3.8) is 0 Å². The molecular formula is C25H21IN2O4. The lowest BCUT2D eigenvalue weighted by atomic mass is 10.1. The van der Waals surface area contributed by atoms with Crippen LogP contribution in [0.5, 0.6) is 17.2 Å². The lowest BCUT2D eigenvalue weighted by Crippen LogP contribution is -2.22. The van der Waals surface area contributed by atoms with Gasteiger partial charge in [-0.05, 0) is 88.8 Å². The van der Waals surface area contributed by atoms with Crippen molar-refractivity contribution in [3.05, 3.63) is 86.0 Å². The summed E-state index contributed by atoms with van der Waals surface area (Å²) in [7, 11) is 4.80. The molecule has 0 atom stereocenters. The zero-order valence-electron chi connectivity index (χ0n) is 17.8. The lowest BCUT2D eigenvalue weighted by molar-refractivity contribution is 0.355. The Labute approximate surface area is 199 Å². The van der Waals surface area contributed by atoms with E-state index < -0.39 is 0 Å². The summed E-state index contributed by atoms with van der Waals surface area (Å²) in [6.45, 7) is 0. The summed E-state index contributed by atoms with van der Waals surface area (Å²) < 4.78 is 18.5. The van der Waals surface area contributed by atoms with E-state index in [0.29, 0.717) is 39.7 Å². The first kappa shape index (κ1) is 21.9. The third-order valence-electron chi connectivity index (χ3n) is 5.02. The molecule has 0 fully saturated rings. The van der Waals surface area contributed by atoms with Gasteiger partial charge in [0, 0.05) is 3.57 Å². The number of rotatable bonds is 6. The van der Waals surface area contributed by atoms with E-state index in [4.69, 9.17) is 19.2 Å². The molecule has 4 rings (SSSR count). The SMILES string of the molecule is COc1ccc(-n2c(C=Cc3ccc(OC)c(OC)c3)nc3ccc(I)cc3c2=O)cc1.